The van der Waals surface area contributed by atoms with E-state index in [9.17, 15) is 13.2 Å². The van der Waals surface area contributed by atoms with Gasteiger partial charge in [0.25, 0.3) is 0 Å². The van der Waals surface area contributed by atoms with E-state index >= 15 is 0 Å². The standard InChI is InChI=1S/C15H20F3N/c1-10-3-4-11(2)14(19,9-10)12-5-7-13(8-6-12)15(16,17)18/h5-8,10-11H,3-4,9,19H2,1-2H3. The zero-order valence-corrected chi connectivity index (χ0v) is 11.3. The van der Waals surface area contributed by atoms with Gasteiger partial charge in [0, 0.05) is 5.54 Å². The molecule has 19 heavy (non-hydrogen) atoms. The molecule has 1 aromatic carbocycles. The molecule has 3 atom stereocenters. The Kier molecular flexibility index (Phi) is 3.65. The molecule has 2 N–H and O–H groups in total. The Morgan fingerprint density at radius 3 is 2.21 bits per heavy atom. The van der Waals surface area contributed by atoms with Crippen LogP contribution >= 0.6 is 0 Å². The molecular weight excluding hydrogens is 251 g/mol. The van der Waals surface area contributed by atoms with E-state index in [0.717, 1.165) is 37.0 Å². The molecule has 1 nitrogen and oxygen atoms in total. The third-order valence-electron chi connectivity index (χ3n) is 4.41. The van der Waals surface area contributed by atoms with E-state index in [2.05, 4.69) is 13.8 Å². The third-order valence-corrected chi connectivity index (χ3v) is 4.41. The Hall–Kier alpha value is -1.03. The molecule has 2 rings (SSSR count). The van der Waals surface area contributed by atoms with Crippen LogP contribution in [0, 0.1) is 11.8 Å². The van der Waals surface area contributed by atoms with Gasteiger partial charge >= 0.3 is 6.18 Å². The van der Waals surface area contributed by atoms with Gasteiger partial charge in [-0.2, -0.15) is 13.2 Å². The molecule has 106 valence electrons. The normalized spacial score (nSPS) is 32.3. The quantitative estimate of drug-likeness (QED) is 0.809. The highest BCUT2D eigenvalue weighted by molar-refractivity contribution is 5.31. The Bertz CT molecular complexity index is 438. The van der Waals surface area contributed by atoms with Gasteiger partial charge < -0.3 is 5.73 Å². The summed E-state index contributed by atoms with van der Waals surface area (Å²) < 4.78 is 37.7. The molecule has 4 heteroatoms. The van der Waals surface area contributed by atoms with Crippen LogP contribution in [-0.4, -0.2) is 0 Å². The number of hydrogen-bond donors (Lipinski definition) is 1. The van der Waals surface area contributed by atoms with Gasteiger partial charge in [0.1, 0.15) is 0 Å². The van der Waals surface area contributed by atoms with Crippen LogP contribution < -0.4 is 5.73 Å². The van der Waals surface area contributed by atoms with Gasteiger partial charge in [0.2, 0.25) is 0 Å². The summed E-state index contributed by atoms with van der Waals surface area (Å²) in [4.78, 5) is 0. The second-order valence-electron chi connectivity index (χ2n) is 5.90. The van der Waals surface area contributed by atoms with Crippen LogP contribution in [-0.2, 0) is 11.7 Å². The van der Waals surface area contributed by atoms with Crippen molar-refractivity contribution in [3.63, 3.8) is 0 Å². The number of alkyl halides is 3. The van der Waals surface area contributed by atoms with Crippen LogP contribution in [0.2, 0.25) is 0 Å². The maximum atomic E-state index is 12.6. The molecule has 0 radical (unpaired) electrons. The minimum Gasteiger partial charge on any atom is -0.321 e. The van der Waals surface area contributed by atoms with Crippen molar-refractivity contribution in [3.8, 4) is 0 Å². The van der Waals surface area contributed by atoms with Crippen molar-refractivity contribution in [1.29, 1.82) is 0 Å². The summed E-state index contributed by atoms with van der Waals surface area (Å²) in [5, 5.41) is 0. The van der Waals surface area contributed by atoms with Gasteiger partial charge in [0.15, 0.2) is 0 Å². The van der Waals surface area contributed by atoms with E-state index in [0.29, 0.717) is 11.8 Å². The van der Waals surface area contributed by atoms with Crippen molar-refractivity contribution < 1.29 is 13.2 Å². The monoisotopic (exact) mass is 271 g/mol. The fraction of sp³-hybridized carbons (Fsp3) is 0.600. The first-order valence-electron chi connectivity index (χ1n) is 6.70. The molecule has 0 spiro atoms. The summed E-state index contributed by atoms with van der Waals surface area (Å²) in [5.41, 5.74) is 6.20. The van der Waals surface area contributed by atoms with Gasteiger partial charge in [-0.3, -0.25) is 0 Å². The molecule has 1 aliphatic rings. The maximum absolute atomic E-state index is 12.6. The number of rotatable bonds is 1. The Morgan fingerprint density at radius 1 is 1.11 bits per heavy atom. The van der Waals surface area contributed by atoms with Crippen molar-refractivity contribution in [2.45, 2.75) is 44.8 Å². The molecule has 1 aromatic rings. The minimum absolute atomic E-state index is 0.292. The number of halogens is 3. The van der Waals surface area contributed by atoms with Crippen LogP contribution in [0.4, 0.5) is 13.2 Å². The number of hydrogen-bond acceptors (Lipinski definition) is 1. The van der Waals surface area contributed by atoms with E-state index in [1.54, 1.807) is 0 Å². The summed E-state index contributed by atoms with van der Waals surface area (Å²) in [6, 6.07) is 5.35. The van der Waals surface area contributed by atoms with E-state index in [4.69, 9.17) is 5.73 Å². The molecule has 0 saturated heterocycles. The Morgan fingerprint density at radius 2 is 1.68 bits per heavy atom. The van der Waals surface area contributed by atoms with E-state index in [-0.39, 0.29) is 0 Å². The zero-order valence-electron chi connectivity index (χ0n) is 11.3. The summed E-state index contributed by atoms with van der Waals surface area (Å²) in [7, 11) is 0. The lowest BCUT2D eigenvalue weighted by atomic mass is 9.67. The first-order chi connectivity index (χ1) is 8.73. The molecule has 0 bridgehead atoms. The van der Waals surface area contributed by atoms with Gasteiger partial charge in [-0.25, -0.2) is 0 Å². The molecular formula is C15H20F3N. The largest absolute Gasteiger partial charge is 0.416 e. The van der Waals surface area contributed by atoms with Crippen molar-refractivity contribution in [2.75, 3.05) is 0 Å². The minimum atomic E-state index is -4.29. The first-order valence-corrected chi connectivity index (χ1v) is 6.70. The van der Waals surface area contributed by atoms with Gasteiger partial charge in [0.05, 0.1) is 5.56 Å². The average Bonchev–Trinajstić information content (AvgIpc) is 2.33. The lowest BCUT2D eigenvalue weighted by Crippen LogP contribution is -2.47. The van der Waals surface area contributed by atoms with Gasteiger partial charge in [-0.05, 0) is 42.4 Å². The summed E-state index contributed by atoms with van der Waals surface area (Å²) in [5.74, 6) is 0.809. The number of benzene rings is 1. The second kappa shape index (κ2) is 4.82. The van der Waals surface area contributed by atoms with Crippen LogP contribution in [0.5, 0.6) is 0 Å². The maximum Gasteiger partial charge on any atom is 0.416 e. The first kappa shape index (κ1) is 14.4. The summed E-state index contributed by atoms with van der Waals surface area (Å²) in [6.45, 7) is 4.24. The topological polar surface area (TPSA) is 26.0 Å². The van der Waals surface area contributed by atoms with Crippen LogP contribution in [0.15, 0.2) is 24.3 Å². The predicted octanol–water partition coefficient (Wildman–Crippen LogP) is 4.32. The fourth-order valence-corrected chi connectivity index (χ4v) is 3.04. The predicted molar refractivity (Wildman–Crippen MR) is 69.5 cm³/mol. The van der Waals surface area contributed by atoms with Crippen molar-refractivity contribution >= 4 is 0 Å². The average molecular weight is 271 g/mol. The molecule has 1 aliphatic carbocycles. The van der Waals surface area contributed by atoms with Crippen molar-refractivity contribution in [2.24, 2.45) is 17.6 Å². The van der Waals surface area contributed by atoms with Crippen LogP contribution in [0.1, 0.15) is 44.2 Å². The highest BCUT2D eigenvalue weighted by atomic mass is 19.4. The molecule has 0 aliphatic heterocycles. The van der Waals surface area contributed by atoms with Crippen molar-refractivity contribution in [1.82, 2.24) is 0 Å². The molecule has 0 heterocycles. The van der Waals surface area contributed by atoms with Crippen LogP contribution in [0.25, 0.3) is 0 Å². The zero-order chi connectivity index (χ0) is 14.3. The SMILES string of the molecule is CC1CCC(C)C(N)(c2ccc(C(F)(F)F)cc2)C1. The van der Waals surface area contributed by atoms with Crippen LogP contribution in [0.3, 0.4) is 0 Å². The van der Waals surface area contributed by atoms with Gasteiger partial charge in [-0.15, -0.1) is 0 Å². The lowest BCUT2D eigenvalue weighted by molar-refractivity contribution is -0.137. The number of nitrogens with two attached hydrogens (primary N) is 1. The Balaban J connectivity index is 2.30. The summed E-state index contributed by atoms with van der Waals surface area (Å²) >= 11 is 0. The fourth-order valence-electron chi connectivity index (χ4n) is 3.04. The summed E-state index contributed by atoms with van der Waals surface area (Å²) in [6.07, 6.45) is -1.29. The van der Waals surface area contributed by atoms with E-state index < -0.39 is 17.3 Å². The van der Waals surface area contributed by atoms with Gasteiger partial charge in [-0.1, -0.05) is 32.4 Å². The molecule has 1 saturated carbocycles. The Labute approximate surface area is 112 Å². The van der Waals surface area contributed by atoms with E-state index in [1.165, 1.54) is 12.1 Å². The molecule has 3 unspecified atom stereocenters. The van der Waals surface area contributed by atoms with Crippen molar-refractivity contribution in [3.05, 3.63) is 35.4 Å². The highest BCUT2D eigenvalue weighted by Crippen LogP contribution is 2.42. The molecule has 1 fully saturated rings. The smallest absolute Gasteiger partial charge is 0.321 e. The highest BCUT2D eigenvalue weighted by Gasteiger charge is 2.39. The second-order valence-corrected chi connectivity index (χ2v) is 5.90. The lowest BCUT2D eigenvalue weighted by Gasteiger charge is -2.42. The third kappa shape index (κ3) is 2.78. The molecule has 0 aromatic heterocycles. The van der Waals surface area contributed by atoms with E-state index in [1.807, 2.05) is 0 Å². The molecule has 0 amide bonds.